The second kappa shape index (κ2) is 10.1. The number of carbonyl (C=O) groups is 4. The summed E-state index contributed by atoms with van der Waals surface area (Å²) < 4.78 is 5.06. The molecule has 1 aromatic rings. The van der Waals surface area contributed by atoms with Crippen LogP contribution in [0.25, 0.3) is 0 Å². The Kier molecular flexibility index (Phi) is 6.81. The number of benzene rings is 1. The van der Waals surface area contributed by atoms with Crippen molar-refractivity contribution in [2.45, 2.75) is 102 Å². The summed E-state index contributed by atoms with van der Waals surface area (Å²) in [5.41, 5.74) is 0.473. The van der Waals surface area contributed by atoms with Crippen LogP contribution in [0.3, 0.4) is 0 Å². The van der Waals surface area contributed by atoms with E-state index in [2.05, 4.69) is 0 Å². The number of imide groups is 1. The van der Waals surface area contributed by atoms with Gasteiger partial charge in [0.05, 0.1) is 29.7 Å². The van der Waals surface area contributed by atoms with Gasteiger partial charge in [0.15, 0.2) is 0 Å². The first-order valence-corrected chi connectivity index (χ1v) is 14.9. The van der Waals surface area contributed by atoms with Crippen molar-refractivity contribution in [3.05, 3.63) is 29.8 Å². The Morgan fingerprint density at radius 1 is 0.921 bits per heavy atom. The Balaban J connectivity index is 1.29. The zero-order chi connectivity index (χ0) is 26.4. The fourth-order valence-electron chi connectivity index (χ4n) is 8.81. The van der Waals surface area contributed by atoms with E-state index in [0.717, 1.165) is 57.8 Å². The van der Waals surface area contributed by atoms with Gasteiger partial charge in [0.1, 0.15) is 6.04 Å². The molecule has 0 radical (unpaired) electrons. The van der Waals surface area contributed by atoms with Crippen molar-refractivity contribution in [1.82, 2.24) is 4.90 Å². The zero-order valence-corrected chi connectivity index (χ0v) is 22.5. The molecule has 3 amide bonds. The topological polar surface area (TPSA) is 84.0 Å². The lowest BCUT2D eigenvalue weighted by atomic mass is 9.49. The van der Waals surface area contributed by atoms with Gasteiger partial charge in [0.2, 0.25) is 11.8 Å². The second-order valence-corrected chi connectivity index (χ2v) is 12.6. The maximum absolute atomic E-state index is 14.7. The quantitative estimate of drug-likeness (QED) is 0.290. The van der Waals surface area contributed by atoms with Gasteiger partial charge in [-0.2, -0.15) is 0 Å². The molecular weight excluding hydrogens is 480 g/mol. The number of esters is 1. The molecule has 0 N–H and O–H groups in total. The third kappa shape index (κ3) is 4.46. The molecule has 1 unspecified atom stereocenters. The normalized spacial score (nSPS) is 32.9. The summed E-state index contributed by atoms with van der Waals surface area (Å²) in [6.07, 6.45) is 12.9. The van der Waals surface area contributed by atoms with Gasteiger partial charge in [-0.15, -0.1) is 0 Å². The molecule has 4 bridgehead atoms. The Bertz CT molecular complexity index is 1070. The van der Waals surface area contributed by atoms with Gasteiger partial charge in [0.25, 0.3) is 5.91 Å². The Labute approximate surface area is 225 Å². The molecule has 7 rings (SSSR count). The highest BCUT2D eigenvalue weighted by Gasteiger charge is 2.58. The maximum Gasteiger partial charge on any atom is 0.338 e. The number of hydrogen-bond donors (Lipinski definition) is 0. The number of carbonyl (C=O) groups excluding carboxylic acids is 4. The molecule has 6 fully saturated rings. The molecule has 7 heteroatoms. The predicted octanol–water partition coefficient (Wildman–Crippen LogP) is 5.26. The van der Waals surface area contributed by atoms with E-state index >= 15 is 0 Å². The van der Waals surface area contributed by atoms with Gasteiger partial charge in [-0.25, -0.2) is 9.69 Å². The highest BCUT2D eigenvalue weighted by Crippen LogP contribution is 2.61. The van der Waals surface area contributed by atoms with Crippen molar-refractivity contribution in [2.24, 2.45) is 23.2 Å². The fraction of sp³-hybridized carbons (Fsp3) is 0.677. The van der Waals surface area contributed by atoms with Crippen molar-refractivity contribution in [3.8, 4) is 0 Å². The molecule has 1 aromatic carbocycles. The number of amides is 3. The van der Waals surface area contributed by atoms with Gasteiger partial charge < -0.3 is 9.64 Å². The number of nitrogens with zero attached hydrogens (tertiary/aromatic N) is 2. The van der Waals surface area contributed by atoms with Crippen LogP contribution in [0, 0.1) is 23.2 Å². The molecule has 5 aliphatic carbocycles. The van der Waals surface area contributed by atoms with E-state index in [1.165, 1.54) is 24.2 Å². The van der Waals surface area contributed by atoms with Gasteiger partial charge in [-0.3, -0.25) is 14.4 Å². The molecular formula is C31H40N2O5. The minimum atomic E-state index is -0.740. The Morgan fingerprint density at radius 2 is 1.50 bits per heavy atom. The van der Waals surface area contributed by atoms with Gasteiger partial charge in [-0.05, 0) is 100 Å². The number of hydrogen-bond acceptors (Lipinski definition) is 5. The molecule has 204 valence electrons. The number of ether oxygens (including phenoxy) is 1. The molecule has 7 nitrogen and oxygen atoms in total. The first-order chi connectivity index (χ1) is 18.4. The van der Waals surface area contributed by atoms with Crippen LogP contribution < -0.4 is 4.90 Å². The summed E-state index contributed by atoms with van der Waals surface area (Å²) in [7, 11) is 0. The first-order valence-electron chi connectivity index (χ1n) is 14.9. The Hall–Kier alpha value is -2.70. The van der Waals surface area contributed by atoms with Crippen molar-refractivity contribution in [3.63, 3.8) is 0 Å². The minimum Gasteiger partial charge on any atom is -0.462 e. The monoisotopic (exact) mass is 520 g/mol. The van der Waals surface area contributed by atoms with Gasteiger partial charge in [0, 0.05) is 6.04 Å². The lowest BCUT2D eigenvalue weighted by Crippen LogP contribution is -2.60. The summed E-state index contributed by atoms with van der Waals surface area (Å²) in [5.74, 6) is 1.05. The van der Waals surface area contributed by atoms with E-state index in [-0.39, 0.29) is 42.2 Å². The predicted molar refractivity (Wildman–Crippen MR) is 142 cm³/mol. The molecule has 0 spiro atoms. The molecule has 1 atom stereocenters. The third-order valence-corrected chi connectivity index (χ3v) is 10.0. The maximum atomic E-state index is 14.7. The van der Waals surface area contributed by atoms with Crippen LogP contribution in [0.5, 0.6) is 0 Å². The first kappa shape index (κ1) is 25.6. The van der Waals surface area contributed by atoms with E-state index in [4.69, 9.17) is 4.74 Å². The lowest BCUT2D eigenvalue weighted by Gasteiger charge is -2.57. The fourth-order valence-corrected chi connectivity index (χ4v) is 8.81. The van der Waals surface area contributed by atoms with E-state index < -0.39 is 12.0 Å². The lowest BCUT2D eigenvalue weighted by molar-refractivity contribution is -0.164. The standard InChI is InChI=1S/C31H40N2O5/c1-2-38-29(36)23-9-11-25(12-10-23)33-27(34)16-26(28(33)35)32(24-7-5-3-4-6-8-24)30(37)31-17-20-13-21(18-31)15-22(14-20)19-31/h9-12,20-22,24,26H,2-8,13-19H2,1H3. The van der Waals surface area contributed by atoms with Gasteiger partial charge in [-0.1, -0.05) is 25.7 Å². The highest BCUT2D eigenvalue weighted by molar-refractivity contribution is 6.23. The highest BCUT2D eigenvalue weighted by atomic mass is 16.5. The summed E-state index contributed by atoms with van der Waals surface area (Å²) in [6, 6.07) is 5.71. The molecule has 0 aromatic heterocycles. The third-order valence-electron chi connectivity index (χ3n) is 10.0. The van der Waals surface area contributed by atoms with E-state index in [0.29, 0.717) is 29.0 Å². The SMILES string of the molecule is CCOC(=O)c1ccc(N2C(=O)CC(N(C(=O)C34CC5CC(CC(C5)C3)C4)C3CCCCCC3)C2=O)cc1. The van der Waals surface area contributed by atoms with Crippen LogP contribution in [-0.4, -0.2) is 47.3 Å². The van der Waals surface area contributed by atoms with Crippen LogP contribution >= 0.6 is 0 Å². The number of rotatable bonds is 6. The van der Waals surface area contributed by atoms with Crippen molar-refractivity contribution < 1.29 is 23.9 Å². The van der Waals surface area contributed by atoms with Crippen LogP contribution in [0.2, 0.25) is 0 Å². The second-order valence-electron chi connectivity index (χ2n) is 12.6. The molecule has 1 heterocycles. The molecule has 1 aliphatic heterocycles. The van der Waals surface area contributed by atoms with Crippen molar-refractivity contribution in [2.75, 3.05) is 11.5 Å². The Morgan fingerprint density at radius 3 is 2.05 bits per heavy atom. The minimum absolute atomic E-state index is 0.0193. The smallest absolute Gasteiger partial charge is 0.338 e. The molecule has 38 heavy (non-hydrogen) atoms. The van der Waals surface area contributed by atoms with Crippen LogP contribution in [-0.2, 0) is 19.1 Å². The molecule has 6 aliphatic rings. The summed E-state index contributed by atoms with van der Waals surface area (Å²) in [4.78, 5) is 57.2. The van der Waals surface area contributed by atoms with Gasteiger partial charge >= 0.3 is 5.97 Å². The van der Waals surface area contributed by atoms with E-state index in [9.17, 15) is 19.2 Å². The zero-order valence-electron chi connectivity index (χ0n) is 22.5. The van der Waals surface area contributed by atoms with Crippen molar-refractivity contribution in [1.29, 1.82) is 0 Å². The van der Waals surface area contributed by atoms with Crippen LogP contribution in [0.15, 0.2) is 24.3 Å². The average molecular weight is 521 g/mol. The summed E-state index contributed by atoms with van der Waals surface area (Å²) in [6.45, 7) is 2.03. The van der Waals surface area contributed by atoms with E-state index in [1.54, 1.807) is 31.2 Å². The van der Waals surface area contributed by atoms with Crippen LogP contribution in [0.1, 0.15) is 101 Å². The van der Waals surface area contributed by atoms with Crippen LogP contribution in [0.4, 0.5) is 5.69 Å². The summed E-state index contributed by atoms with van der Waals surface area (Å²) in [5, 5.41) is 0. The van der Waals surface area contributed by atoms with Crippen molar-refractivity contribution >= 4 is 29.4 Å². The molecule has 5 saturated carbocycles. The van der Waals surface area contributed by atoms with E-state index in [1.807, 2.05) is 4.90 Å². The average Bonchev–Trinajstić information content (AvgIpc) is 3.04. The largest absolute Gasteiger partial charge is 0.462 e. The number of anilines is 1. The molecule has 1 saturated heterocycles. The summed E-state index contributed by atoms with van der Waals surface area (Å²) >= 11 is 0.